The van der Waals surface area contributed by atoms with Gasteiger partial charge in [0.1, 0.15) is 0 Å². The van der Waals surface area contributed by atoms with E-state index in [4.69, 9.17) is 0 Å². The van der Waals surface area contributed by atoms with E-state index in [1.54, 1.807) is 0 Å². The van der Waals surface area contributed by atoms with Crippen molar-refractivity contribution in [2.24, 2.45) is 0 Å². The van der Waals surface area contributed by atoms with Crippen molar-refractivity contribution in [1.82, 2.24) is 0 Å². The second-order valence-corrected chi connectivity index (χ2v) is 3.73. The van der Waals surface area contributed by atoms with Gasteiger partial charge in [0.25, 0.3) is 0 Å². The second-order valence-electron chi connectivity index (χ2n) is 3.73. The molecule has 74 valence electrons. The summed E-state index contributed by atoms with van der Waals surface area (Å²) >= 11 is 0. The van der Waals surface area contributed by atoms with E-state index in [9.17, 15) is 5.21 Å². The zero-order valence-electron chi connectivity index (χ0n) is 8.22. The van der Waals surface area contributed by atoms with Crippen LogP contribution in [0.3, 0.4) is 0 Å². The Balaban J connectivity index is 2.30. The van der Waals surface area contributed by atoms with Crippen molar-refractivity contribution in [3.8, 4) is 11.1 Å². The van der Waals surface area contributed by atoms with Gasteiger partial charge in [0.15, 0.2) is 0 Å². The summed E-state index contributed by atoms with van der Waals surface area (Å²) in [6.07, 6.45) is 0. The molecule has 0 atom stereocenters. The number of hydrogen-bond donors (Lipinski definition) is 1. The lowest BCUT2D eigenvalue weighted by molar-refractivity contribution is 0.249. The summed E-state index contributed by atoms with van der Waals surface area (Å²) in [5, 5.41) is 11.1. The maximum Gasteiger partial charge on any atom is 0.0716 e. The normalized spacial score (nSPS) is 13.3. The molecule has 1 aliphatic heterocycles. The average molecular weight is 197 g/mol. The van der Waals surface area contributed by atoms with Crippen LogP contribution in [0.1, 0.15) is 5.56 Å². The zero-order chi connectivity index (χ0) is 10.3. The van der Waals surface area contributed by atoms with Gasteiger partial charge in [-0.1, -0.05) is 42.5 Å². The van der Waals surface area contributed by atoms with Crippen LogP contribution >= 0.6 is 0 Å². The van der Waals surface area contributed by atoms with Crippen molar-refractivity contribution >= 4 is 5.69 Å². The fraction of sp³-hybridized carbons (Fsp3) is 0.0769. The van der Waals surface area contributed by atoms with E-state index in [1.807, 2.05) is 36.4 Å². The SMILES string of the molecule is ON1Cc2ccccc2-c2ccccc21. The number of para-hydroxylation sites is 1. The molecule has 0 saturated heterocycles. The first-order chi connectivity index (χ1) is 7.36. The minimum atomic E-state index is 0.563. The van der Waals surface area contributed by atoms with Crippen LogP contribution in [0.4, 0.5) is 5.69 Å². The van der Waals surface area contributed by atoms with Gasteiger partial charge >= 0.3 is 0 Å². The Labute approximate surface area is 88.4 Å². The number of rotatable bonds is 0. The van der Waals surface area contributed by atoms with Gasteiger partial charge in [-0.15, -0.1) is 0 Å². The first-order valence-corrected chi connectivity index (χ1v) is 5.00. The molecule has 0 saturated carbocycles. The number of benzene rings is 2. The van der Waals surface area contributed by atoms with Crippen LogP contribution in [0.15, 0.2) is 48.5 Å². The third-order valence-electron chi connectivity index (χ3n) is 2.81. The molecule has 2 aromatic carbocycles. The van der Waals surface area contributed by atoms with Crippen molar-refractivity contribution in [3.63, 3.8) is 0 Å². The molecular formula is C13H11NO. The van der Waals surface area contributed by atoms with E-state index < -0.39 is 0 Å². The van der Waals surface area contributed by atoms with E-state index in [0.717, 1.165) is 11.3 Å². The first kappa shape index (κ1) is 8.50. The minimum absolute atomic E-state index is 0.563. The van der Waals surface area contributed by atoms with Gasteiger partial charge < -0.3 is 0 Å². The highest BCUT2D eigenvalue weighted by molar-refractivity contribution is 5.82. The van der Waals surface area contributed by atoms with Gasteiger partial charge in [0, 0.05) is 5.56 Å². The highest BCUT2D eigenvalue weighted by atomic mass is 16.5. The van der Waals surface area contributed by atoms with Crippen LogP contribution < -0.4 is 5.06 Å². The molecule has 0 bridgehead atoms. The largest absolute Gasteiger partial charge is 0.288 e. The van der Waals surface area contributed by atoms with Crippen LogP contribution in [-0.4, -0.2) is 5.21 Å². The minimum Gasteiger partial charge on any atom is -0.288 e. The molecular weight excluding hydrogens is 186 g/mol. The highest BCUT2D eigenvalue weighted by Crippen LogP contribution is 2.37. The van der Waals surface area contributed by atoms with Crippen molar-refractivity contribution < 1.29 is 5.21 Å². The average Bonchev–Trinajstić information content (AvgIpc) is 2.30. The summed E-state index contributed by atoms with van der Waals surface area (Å²) in [5.74, 6) is 0. The molecule has 3 rings (SSSR count). The van der Waals surface area contributed by atoms with Crippen LogP contribution in [0, 0.1) is 0 Å². The second kappa shape index (κ2) is 3.11. The topological polar surface area (TPSA) is 23.5 Å². The zero-order valence-corrected chi connectivity index (χ0v) is 8.22. The molecule has 0 fully saturated rings. The molecule has 0 amide bonds. The molecule has 15 heavy (non-hydrogen) atoms. The number of hydrogen-bond acceptors (Lipinski definition) is 2. The molecule has 0 aliphatic carbocycles. The number of nitrogens with zero attached hydrogens (tertiary/aromatic N) is 1. The summed E-state index contributed by atoms with van der Waals surface area (Å²) in [6, 6.07) is 16.1. The predicted octanol–water partition coefficient (Wildman–Crippen LogP) is 3.06. The fourth-order valence-electron chi connectivity index (χ4n) is 2.09. The molecule has 1 aliphatic rings. The third kappa shape index (κ3) is 1.22. The Morgan fingerprint density at radius 3 is 2.40 bits per heavy atom. The molecule has 2 heteroatoms. The molecule has 2 aromatic rings. The van der Waals surface area contributed by atoms with Gasteiger partial charge in [-0.2, -0.15) is 0 Å². The Kier molecular flexibility index (Phi) is 1.76. The molecule has 0 spiro atoms. The lowest BCUT2D eigenvalue weighted by Gasteiger charge is -2.27. The number of anilines is 1. The molecule has 0 radical (unpaired) electrons. The van der Waals surface area contributed by atoms with E-state index in [2.05, 4.69) is 12.1 Å². The lowest BCUT2D eigenvalue weighted by atomic mass is 9.95. The van der Waals surface area contributed by atoms with Crippen molar-refractivity contribution in [2.75, 3.05) is 5.06 Å². The predicted molar refractivity (Wildman–Crippen MR) is 59.8 cm³/mol. The van der Waals surface area contributed by atoms with Gasteiger partial charge in [-0.25, -0.2) is 0 Å². The smallest absolute Gasteiger partial charge is 0.0716 e. The molecule has 0 unspecified atom stereocenters. The van der Waals surface area contributed by atoms with Crippen LogP contribution in [0.25, 0.3) is 11.1 Å². The maximum atomic E-state index is 9.84. The fourth-order valence-corrected chi connectivity index (χ4v) is 2.09. The van der Waals surface area contributed by atoms with Gasteiger partial charge in [0.05, 0.1) is 12.2 Å². The van der Waals surface area contributed by atoms with Crippen LogP contribution in [0.2, 0.25) is 0 Å². The Bertz CT molecular complexity index is 507. The summed E-state index contributed by atoms with van der Waals surface area (Å²) < 4.78 is 0. The number of hydroxylamine groups is 1. The molecule has 1 N–H and O–H groups in total. The van der Waals surface area contributed by atoms with Gasteiger partial charge in [0.2, 0.25) is 0 Å². The van der Waals surface area contributed by atoms with Gasteiger partial charge in [-0.3, -0.25) is 10.3 Å². The standard InChI is InChI=1S/C13H11NO/c15-14-9-10-5-1-2-6-11(10)12-7-3-4-8-13(12)14/h1-8,15H,9H2. The summed E-state index contributed by atoms with van der Waals surface area (Å²) in [6.45, 7) is 0.563. The van der Waals surface area contributed by atoms with E-state index >= 15 is 0 Å². The van der Waals surface area contributed by atoms with Crippen molar-refractivity contribution in [3.05, 3.63) is 54.1 Å². The van der Waals surface area contributed by atoms with Crippen molar-refractivity contribution in [2.45, 2.75) is 6.54 Å². The summed E-state index contributed by atoms with van der Waals surface area (Å²) in [5.41, 5.74) is 4.37. The van der Waals surface area contributed by atoms with Crippen LogP contribution in [0.5, 0.6) is 0 Å². The molecule has 0 aromatic heterocycles. The quantitative estimate of drug-likeness (QED) is 0.701. The Morgan fingerprint density at radius 1 is 0.867 bits per heavy atom. The Morgan fingerprint density at radius 2 is 1.53 bits per heavy atom. The maximum absolute atomic E-state index is 9.84. The first-order valence-electron chi connectivity index (χ1n) is 5.00. The monoisotopic (exact) mass is 197 g/mol. The van der Waals surface area contributed by atoms with E-state index in [-0.39, 0.29) is 0 Å². The number of fused-ring (bicyclic) bond motifs is 3. The highest BCUT2D eigenvalue weighted by Gasteiger charge is 2.19. The molecule has 2 nitrogen and oxygen atoms in total. The third-order valence-corrected chi connectivity index (χ3v) is 2.81. The van der Waals surface area contributed by atoms with E-state index in [0.29, 0.717) is 6.54 Å². The van der Waals surface area contributed by atoms with Crippen molar-refractivity contribution in [1.29, 1.82) is 0 Å². The lowest BCUT2D eigenvalue weighted by Crippen LogP contribution is -2.21. The van der Waals surface area contributed by atoms with Gasteiger partial charge in [-0.05, 0) is 17.2 Å². The van der Waals surface area contributed by atoms with Crippen LogP contribution in [-0.2, 0) is 6.54 Å². The Hall–Kier alpha value is -1.80. The summed E-state index contributed by atoms with van der Waals surface area (Å²) in [7, 11) is 0. The molecule has 1 heterocycles. The van der Waals surface area contributed by atoms with E-state index in [1.165, 1.54) is 16.2 Å². The summed E-state index contributed by atoms with van der Waals surface area (Å²) in [4.78, 5) is 0.